The van der Waals surface area contributed by atoms with Gasteiger partial charge in [0.2, 0.25) is 5.82 Å². The van der Waals surface area contributed by atoms with E-state index < -0.39 is 16.6 Å². The first-order chi connectivity index (χ1) is 9.47. The predicted molar refractivity (Wildman–Crippen MR) is 70.1 cm³/mol. The first-order valence-electron chi connectivity index (χ1n) is 5.25. The third kappa shape index (κ3) is 2.98. The van der Waals surface area contributed by atoms with Gasteiger partial charge in [-0.1, -0.05) is 11.3 Å². The number of rotatable bonds is 5. The van der Waals surface area contributed by atoms with Crippen molar-refractivity contribution in [2.24, 2.45) is 0 Å². The van der Waals surface area contributed by atoms with Crippen LogP contribution in [0.4, 0.5) is 11.5 Å². The second-order valence-corrected chi connectivity index (χ2v) is 4.52. The van der Waals surface area contributed by atoms with Crippen LogP contribution in [-0.2, 0) is 6.54 Å². The number of hydrogen-bond donors (Lipinski definition) is 3. The molecule has 0 atom stereocenters. The molecule has 2 rings (SSSR count). The Morgan fingerprint density at radius 1 is 1.60 bits per heavy atom. The van der Waals surface area contributed by atoms with Crippen molar-refractivity contribution in [2.45, 2.75) is 6.54 Å². The maximum absolute atomic E-state index is 10.9. The van der Waals surface area contributed by atoms with Crippen LogP contribution in [0.2, 0.25) is 0 Å². The van der Waals surface area contributed by atoms with Gasteiger partial charge in [0.1, 0.15) is 0 Å². The van der Waals surface area contributed by atoms with E-state index in [1.54, 1.807) is 5.38 Å². The van der Waals surface area contributed by atoms with Crippen LogP contribution in [0.3, 0.4) is 0 Å². The Bertz CT molecular complexity index is 722. The summed E-state index contributed by atoms with van der Waals surface area (Å²) in [7, 11) is 0. The second kappa shape index (κ2) is 5.48. The van der Waals surface area contributed by atoms with Gasteiger partial charge in [-0.2, -0.15) is 0 Å². The molecular formula is C10H8N4O5S. The number of anilines is 1. The van der Waals surface area contributed by atoms with Crippen molar-refractivity contribution in [3.63, 3.8) is 0 Å². The molecule has 9 nitrogen and oxygen atoms in total. The van der Waals surface area contributed by atoms with E-state index in [-0.39, 0.29) is 22.8 Å². The zero-order chi connectivity index (χ0) is 14.7. The first-order valence-corrected chi connectivity index (χ1v) is 6.13. The Morgan fingerprint density at radius 2 is 2.35 bits per heavy atom. The molecule has 20 heavy (non-hydrogen) atoms. The monoisotopic (exact) mass is 296 g/mol. The minimum atomic E-state index is -1.30. The minimum absolute atomic E-state index is 0.0629. The third-order valence-electron chi connectivity index (χ3n) is 2.33. The third-order valence-corrected chi connectivity index (χ3v) is 3.05. The van der Waals surface area contributed by atoms with E-state index in [0.29, 0.717) is 5.69 Å². The lowest BCUT2D eigenvalue weighted by Crippen LogP contribution is -2.08. The number of carbonyl (C=O) groups is 1. The molecule has 0 aromatic carbocycles. The normalized spacial score (nSPS) is 10.2. The highest BCUT2D eigenvalue weighted by Crippen LogP contribution is 2.23. The van der Waals surface area contributed by atoms with E-state index in [1.165, 1.54) is 0 Å². The fourth-order valence-corrected chi connectivity index (χ4v) is 2.01. The average molecular weight is 296 g/mol. The fourth-order valence-electron chi connectivity index (χ4n) is 1.42. The maximum Gasteiger partial charge on any atom is 0.337 e. The molecule has 2 aromatic heterocycles. The highest BCUT2D eigenvalue weighted by atomic mass is 32.1. The highest BCUT2D eigenvalue weighted by Gasteiger charge is 2.18. The SMILES string of the molecule is O=C(O)c1cnc(NCc2csc(=O)[nH]2)c([N+](=O)[O-])c1. The molecule has 3 N–H and O–H groups in total. The van der Waals surface area contributed by atoms with Crippen molar-refractivity contribution < 1.29 is 14.8 Å². The summed E-state index contributed by atoms with van der Waals surface area (Å²) in [6.45, 7) is 0.138. The minimum Gasteiger partial charge on any atom is -0.478 e. The lowest BCUT2D eigenvalue weighted by molar-refractivity contribution is -0.384. The zero-order valence-corrected chi connectivity index (χ0v) is 10.6. The molecule has 10 heteroatoms. The quantitative estimate of drug-likeness (QED) is 0.553. The van der Waals surface area contributed by atoms with Gasteiger partial charge in [0, 0.05) is 23.3 Å². The summed E-state index contributed by atoms with van der Waals surface area (Å²) in [5.74, 6) is -1.36. The zero-order valence-electron chi connectivity index (χ0n) is 9.82. The summed E-state index contributed by atoms with van der Waals surface area (Å²) in [6.07, 6.45) is 1.02. The number of H-pyrrole nitrogens is 1. The largest absolute Gasteiger partial charge is 0.478 e. The summed E-state index contributed by atoms with van der Waals surface area (Å²) in [4.78, 5) is 37.9. The smallest absolute Gasteiger partial charge is 0.337 e. The molecule has 0 saturated heterocycles. The number of thiazole rings is 1. The van der Waals surface area contributed by atoms with Crippen LogP contribution in [0, 0.1) is 10.1 Å². The van der Waals surface area contributed by atoms with E-state index in [0.717, 1.165) is 23.6 Å². The van der Waals surface area contributed by atoms with Gasteiger partial charge in [-0.3, -0.25) is 14.9 Å². The second-order valence-electron chi connectivity index (χ2n) is 3.68. The molecule has 0 aliphatic heterocycles. The molecular weight excluding hydrogens is 288 g/mol. The van der Waals surface area contributed by atoms with Gasteiger partial charge in [0.25, 0.3) is 0 Å². The van der Waals surface area contributed by atoms with Gasteiger partial charge >= 0.3 is 16.5 Å². The number of carboxylic acid groups (broad SMARTS) is 1. The van der Waals surface area contributed by atoms with Gasteiger partial charge < -0.3 is 15.4 Å². The van der Waals surface area contributed by atoms with E-state index in [4.69, 9.17) is 5.11 Å². The van der Waals surface area contributed by atoms with Crippen molar-refractivity contribution in [2.75, 3.05) is 5.32 Å². The average Bonchev–Trinajstić information content (AvgIpc) is 2.81. The van der Waals surface area contributed by atoms with Gasteiger partial charge in [-0.15, -0.1) is 0 Å². The van der Waals surface area contributed by atoms with E-state index in [9.17, 15) is 19.7 Å². The van der Waals surface area contributed by atoms with Crippen LogP contribution in [0.1, 0.15) is 16.1 Å². The van der Waals surface area contributed by atoms with Crippen LogP contribution in [0.25, 0.3) is 0 Å². The molecule has 2 heterocycles. The summed E-state index contributed by atoms with van der Waals surface area (Å²) < 4.78 is 0. The Balaban J connectivity index is 2.24. The molecule has 2 aromatic rings. The molecule has 104 valence electrons. The summed E-state index contributed by atoms with van der Waals surface area (Å²) >= 11 is 0.973. The number of aromatic nitrogens is 2. The standard InChI is InChI=1S/C10H8N4O5S/c15-9(16)5-1-7(14(18)19)8(11-2-5)12-3-6-4-20-10(17)13-6/h1-2,4H,3H2,(H,11,12)(H,13,17)(H,15,16). The number of hydrogen-bond acceptors (Lipinski definition) is 7. The Hall–Kier alpha value is -2.75. The summed E-state index contributed by atoms with van der Waals surface area (Å²) in [6, 6.07) is 0.925. The lowest BCUT2D eigenvalue weighted by atomic mass is 10.2. The molecule has 0 aliphatic carbocycles. The summed E-state index contributed by atoms with van der Waals surface area (Å²) in [5, 5.41) is 23.9. The van der Waals surface area contributed by atoms with E-state index in [1.807, 2.05) is 0 Å². The van der Waals surface area contributed by atoms with Crippen molar-refractivity contribution in [1.82, 2.24) is 9.97 Å². The molecule has 0 saturated carbocycles. The Kier molecular flexibility index (Phi) is 3.75. The van der Waals surface area contributed by atoms with Crippen LogP contribution >= 0.6 is 11.3 Å². The van der Waals surface area contributed by atoms with Crippen molar-refractivity contribution in [3.05, 3.63) is 48.7 Å². The highest BCUT2D eigenvalue weighted by molar-refractivity contribution is 7.07. The van der Waals surface area contributed by atoms with E-state index >= 15 is 0 Å². The van der Waals surface area contributed by atoms with Gasteiger partial charge in [-0.05, 0) is 0 Å². The molecule has 0 amide bonds. The van der Waals surface area contributed by atoms with Crippen molar-refractivity contribution >= 4 is 28.8 Å². The fraction of sp³-hybridized carbons (Fsp3) is 0.100. The van der Waals surface area contributed by atoms with E-state index in [2.05, 4.69) is 15.3 Å². The summed E-state index contributed by atoms with van der Waals surface area (Å²) in [5.41, 5.74) is -0.160. The predicted octanol–water partition coefficient (Wildman–Crippen LogP) is 1.05. The number of aromatic carboxylic acids is 1. The Morgan fingerprint density at radius 3 is 2.90 bits per heavy atom. The lowest BCUT2D eigenvalue weighted by Gasteiger charge is -2.05. The number of pyridine rings is 1. The number of aromatic amines is 1. The number of carboxylic acids is 1. The van der Waals surface area contributed by atoms with Gasteiger partial charge in [0.05, 0.1) is 17.0 Å². The number of nitro groups is 1. The van der Waals surface area contributed by atoms with Crippen molar-refractivity contribution in [1.29, 1.82) is 0 Å². The molecule has 0 aliphatic rings. The van der Waals surface area contributed by atoms with Crippen LogP contribution in [0.5, 0.6) is 0 Å². The van der Waals surface area contributed by atoms with Crippen LogP contribution in [0.15, 0.2) is 22.4 Å². The topological polar surface area (TPSA) is 138 Å². The number of nitrogens with one attached hydrogen (secondary N) is 2. The molecule has 0 spiro atoms. The molecule has 0 radical (unpaired) electrons. The van der Waals surface area contributed by atoms with Gasteiger partial charge in [0.15, 0.2) is 0 Å². The number of nitrogens with zero attached hydrogens (tertiary/aromatic N) is 2. The maximum atomic E-state index is 10.9. The first kappa shape index (κ1) is 13.7. The van der Waals surface area contributed by atoms with Crippen molar-refractivity contribution in [3.8, 4) is 0 Å². The van der Waals surface area contributed by atoms with Crippen LogP contribution < -0.4 is 10.2 Å². The Labute approximate surface area is 115 Å². The van der Waals surface area contributed by atoms with Crippen LogP contribution in [-0.4, -0.2) is 26.0 Å². The molecule has 0 bridgehead atoms. The molecule has 0 fully saturated rings. The molecule has 0 unspecified atom stereocenters. The van der Waals surface area contributed by atoms with Gasteiger partial charge in [-0.25, -0.2) is 9.78 Å².